The Kier molecular flexibility index (Phi) is 4.40. The van der Waals surface area contributed by atoms with E-state index in [1.54, 1.807) is 0 Å². The van der Waals surface area contributed by atoms with Crippen molar-refractivity contribution in [2.75, 3.05) is 33.9 Å². The quantitative estimate of drug-likeness (QED) is 0.915. The zero-order valence-electron chi connectivity index (χ0n) is 12.6. The van der Waals surface area contributed by atoms with Crippen molar-refractivity contribution in [3.8, 4) is 17.2 Å². The molecule has 5 nitrogen and oxygen atoms in total. The SMILES string of the molecule is COc1cc(CN2CCOC(C)(C)C2)cc(OC)c1O. The molecular weight excluding hydrogens is 258 g/mol. The van der Waals surface area contributed by atoms with Crippen molar-refractivity contribution < 1.29 is 19.3 Å². The van der Waals surface area contributed by atoms with Gasteiger partial charge in [0.05, 0.1) is 26.4 Å². The molecule has 1 fully saturated rings. The summed E-state index contributed by atoms with van der Waals surface area (Å²) in [5.41, 5.74) is 0.929. The third-order valence-electron chi connectivity index (χ3n) is 3.45. The first kappa shape index (κ1) is 14.9. The number of methoxy groups -OCH3 is 2. The fourth-order valence-corrected chi connectivity index (χ4v) is 2.55. The molecule has 1 saturated heterocycles. The molecule has 0 spiro atoms. The standard InChI is InChI=1S/C15H23NO4/c1-15(2)10-16(5-6-20-15)9-11-7-12(18-3)14(17)13(8-11)19-4/h7-8,17H,5-6,9-10H2,1-4H3. The lowest BCUT2D eigenvalue weighted by molar-refractivity contribution is -0.0882. The third-order valence-corrected chi connectivity index (χ3v) is 3.45. The van der Waals surface area contributed by atoms with Crippen molar-refractivity contribution in [2.24, 2.45) is 0 Å². The predicted octanol–water partition coefficient (Wildman–Crippen LogP) is 2.02. The maximum absolute atomic E-state index is 9.92. The summed E-state index contributed by atoms with van der Waals surface area (Å²) in [4.78, 5) is 2.33. The summed E-state index contributed by atoms with van der Waals surface area (Å²) < 4.78 is 16.1. The zero-order chi connectivity index (χ0) is 14.8. The van der Waals surface area contributed by atoms with Crippen LogP contribution in [-0.2, 0) is 11.3 Å². The molecule has 0 unspecified atom stereocenters. The number of rotatable bonds is 4. The van der Waals surface area contributed by atoms with Crippen LogP contribution in [0.15, 0.2) is 12.1 Å². The molecule has 0 amide bonds. The van der Waals surface area contributed by atoms with Crippen LogP contribution in [0.25, 0.3) is 0 Å². The Morgan fingerprint density at radius 3 is 2.35 bits per heavy atom. The molecule has 112 valence electrons. The van der Waals surface area contributed by atoms with Crippen molar-refractivity contribution in [3.63, 3.8) is 0 Å². The topological polar surface area (TPSA) is 51.2 Å². The average molecular weight is 281 g/mol. The molecule has 0 atom stereocenters. The van der Waals surface area contributed by atoms with E-state index in [9.17, 15) is 5.11 Å². The third kappa shape index (κ3) is 3.35. The molecule has 0 bridgehead atoms. The molecule has 0 saturated carbocycles. The number of phenols is 1. The van der Waals surface area contributed by atoms with E-state index in [1.807, 2.05) is 12.1 Å². The molecule has 1 aliphatic heterocycles. The van der Waals surface area contributed by atoms with Crippen molar-refractivity contribution in [1.82, 2.24) is 4.90 Å². The van der Waals surface area contributed by atoms with Gasteiger partial charge in [0.15, 0.2) is 11.5 Å². The van der Waals surface area contributed by atoms with Crippen LogP contribution in [0.4, 0.5) is 0 Å². The summed E-state index contributed by atoms with van der Waals surface area (Å²) in [6.45, 7) is 7.47. The number of aromatic hydroxyl groups is 1. The van der Waals surface area contributed by atoms with Gasteiger partial charge < -0.3 is 19.3 Å². The van der Waals surface area contributed by atoms with E-state index < -0.39 is 0 Å². The van der Waals surface area contributed by atoms with Crippen LogP contribution in [0.3, 0.4) is 0 Å². The summed E-state index contributed by atoms with van der Waals surface area (Å²) >= 11 is 0. The Hall–Kier alpha value is -1.46. The van der Waals surface area contributed by atoms with Crippen LogP contribution in [0.5, 0.6) is 17.2 Å². The zero-order valence-corrected chi connectivity index (χ0v) is 12.6. The second-order valence-electron chi connectivity index (χ2n) is 5.67. The molecule has 1 aromatic rings. The van der Waals surface area contributed by atoms with E-state index in [0.717, 1.165) is 31.8 Å². The first-order valence-electron chi connectivity index (χ1n) is 6.75. The van der Waals surface area contributed by atoms with Gasteiger partial charge in [0.25, 0.3) is 0 Å². The van der Waals surface area contributed by atoms with Crippen LogP contribution < -0.4 is 9.47 Å². The van der Waals surface area contributed by atoms with E-state index >= 15 is 0 Å². The predicted molar refractivity (Wildman–Crippen MR) is 76.5 cm³/mol. The van der Waals surface area contributed by atoms with Crippen LogP contribution in [0.2, 0.25) is 0 Å². The van der Waals surface area contributed by atoms with E-state index in [2.05, 4.69) is 18.7 Å². The highest BCUT2D eigenvalue weighted by Crippen LogP contribution is 2.37. The van der Waals surface area contributed by atoms with Crippen molar-refractivity contribution in [1.29, 1.82) is 0 Å². The minimum Gasteiger partial charge on any atom is -0.502 e. The summed E-state index contributed by atoms with van der Waals surface area (Å²) in [5, 5.41) is 9.92. The Morgan fingerprint density at radius 2 is 1.85 bits per heavy atom. The first-order chi connectivity index (χ1) is 9.45. The lowest BCUT2D eigenvalue weighted by Crippen LogP contribution is -2.47. The van der Waals surface area contributed by atoms with Crippen LogP contribution >= 0.6 is 0 Å². The highest BCUT2D eigenvalue weighted by atomic mass is 16.5. The summed E-state index contributed by atoms with van der Waals surface area (Å²) in [5.74, 6) is 0.916. The Labute approximate surface area is 120 Å². The van der Waals surface area contributed by atoms with E-state index in [4.69, 9.17) is 14.2 Å². The highest BCUT2D eigenvalue weighted by Gasteiger charge is 2.27. The second kappa shape index (κ2) is 5.89. The van der Waals surface area contributed by atoms with Crippen LogP contribution in [0.1, 0.15) is 19.4 Å². The van der Waals surface area contributed by atoms with E-state index in [-0.39, 0.29) is 11.4 Å². The fraction of sp³-hybridized carbons (Fsp3) is 0.600. The number of hydrogen-bond acceptors (Lipinski definition) is 5. The molecule has 2 rings (SSSR count). The maximum atomic E-state index is 9.92. The molecule has 0 aliphatic carbocycles. The molecule has 20 heavy (non-hydrogen) atoms. The molecule has 1 N–H and O–H groups in total. The summed E-state index contributed by atoms with van der Waals surface area (Å²) in [7, 11) is 3.08. The van der Waals surface area contributed by atoms with Gasteiger partial charge in [-0.15, -0.1) is 0 Å². The summed E-state index contributed by atoms with van der Waals surface area (Å²) in [6.07, 6.45) is 0. The number of morpholine rings is 1. The van der Waals surface area contributed by atoms with Gasteiger partial charge in [-0.05, 0) is 31.5 Å². The summed E-state index contributed by atoms with van der Waals surface area (Å²) in [6, 6.07) is 3.70. The lowest BCUT2D eigenvalue weighted by atomic mass is 10.1. The smallest absolute Gasteiger partial charge is 0.200 e. The normalized spacial score (nSPS) is 18.8. The monoisotopic (exact) mass is 281 g/mol. The number of benzene rings is 1. The maximum Gasteiger partial charge on any atom is 0.200 e. The van der Waals surface area contributed by atoms with Crippen LogP contribution in [-0.4, -0.2) is 49.5 Å². The molecule has 1 aromatic carbocycles. The Bertz CT molecular complexity index is 448. The largest absolute Gasteiger partial charge is 0.502 e. The van der Waals surface area contributed by atoms with Gasteiger partial charge in [0.2, 0.25) is 5.75 Å². The number of nitrogens with zero attached hydrogens (tertiary/aromatic N) is 1. The highest BCUT2D eigenvalue weighted by molar-refractivity contribution is 5.52. The molecule has 1 aliphatic rings. The van der Waals surface area contributed by atoms with Gasteiger partial charge in [-0.2, -0.15) is 0 Å². The van der Waals surface area contributed by atoms with Crippen LogP contribution in [0, 0.1) is 0 Å². The number of hydrogen-bond donors (Lipinski definition) is 1. The van der Waals surface area contributed by atoms with Gasteiger partial charge in [0, 0.05) is 19.6 Å². The Balaban J connectivity index is 2.16. The molecule has 5 heteroatoms. The van der Waals surface area contributed by atoms with Gasteiger partial charge in [-0.3, -0.25) is 4.90 Å². The lowest BCUT2D eigenvalue weighted by Gasteiger charge is -2.38. The first-order valence-corrected chi connectivity index (χ1v) is 6.75. The Morgan fingerprint density at radius 1 is 1.25 bits per heavy atom. The second-order valence-corrected chi connectivity index (χ2v) is 5.67. The van der Waals surface area contributed by atoms with E-state index in [0.29, 0.717) is 11.5 Å². The molecule has 1 heterocycles. The van der Waals surface area contributed by atoms with E-state index in [1.165, 1.54) is 14.2 Å². The molecular formula is C15H23NO4. The van der Waals surface area contributed by atoms with Gasteiger partial charge in [-0.25, -0.2) is 0 Å². The fourth-order valence-electron chi connectivity index (χ4n) is 2.55. The van der Waals surface area contributed by atoms with Gasteiger partial charge in [0.1, 0.15) is 0 Å². The minimum atomic E-state index is -0.122. The van der Waals surface area contributed by atoms with Crippen molar-refractivity contribution in [3.05, 3.63) is 17.7 Å². The van der Waals surface area contributed by atoms with Gasteiger partial charge in [-0.1, -0.05) is 0 Å². The van der Waals surface area contributed by atoms with Gasteiger partial charge >= 0.3 is 0 Å². The number of phenolic OH excluding ortho intramolecular Hbond substituents is 1. The van der Waals surface area contributed by atoms with Crippen molar-refractivity contribution >= 4 is 0 Å². The molecule has 0 aromatic heterocycles. The van der Waals surface area contributed by atoms with Crippen molar-refractivity contribution in [2.45, 2.75) is 26.0 Å². The number of ether oxygens (including phenoxy) is 3. The minimum absolute atomic E-state index is 0.0426. The average Bonchev–Trinajstić information content (AvgIpc) is 2.39. The molecule has 0 radical (unpaired) electrons.